The fourth-order valence-corrected chi connectivity index (χ4v) is 3.88. The molecule has 1 aromatic heterocycles. The van der Waals surface area contributed by atoms with Crippen LogP contribution in [-0.2, 0) is 4.74 Å². The number of rotatable bonds is 6. The van der Waals surface area contributed by atoms with Crippen molar-refractivity contribution in [1.82, 2.24) is 4.90 Å². The maximum absolute atomic E-state index is 12.6. The minimum absolute atomic E-state index is 0.0190. The Balaban J connectivity index is 2.32. The number of amides is 1. The van der Waals surface area contributed by atoms with Crippen molar-refractivity contribution in [1.29, 1.82) is 0 Å². The molecule has 156 valence electrons. The predicted octanol–water partition coefficient (Wildman–Crippen LogP) is 3.96. The number of esters is 1. The molecule has 0 radical (unpaired) electrons. The van der Waals surface area contributed by atoms with Gasteiger partial charge >= 0.3 is 12.6 Å². The molecule has 0 atom stereocenters. The molecule has 0 aliphatic carbocycles. The summed E-state index contributed by atoms with van der Waals surface area (Å²) in [5.41, 5.74) is 0.832. The van der Waals surface area contributed by atoms with Gasteiger partial charge in [-0.3, -0.25) is 4.79 Å². The van der Waals surface area contributed by atoms with Crippen molar-refractivity contribution in [3.63, 3.8) is 0 Å². The Bertz CT molecular complexity index is 932. The van der Waals surface area contributed by atoms with Crippen LogP contribution in [0.2, 0.25) is 0 Å². The van der Waals surface area contributed by atoms with Crippen molar-refractivity contribution < 1.29 is 27.8 Å². The van der Waals surface area contributed by atoms with Gasteiger partial charge in [-0.1, -0.05) is 12.1 Å². The smallest absolute Gasteiger partial charge is 0.387 e. The van der Waals surface area contributed by atoms with Crippen molar-refractivity contribution in [3.05, 3.63) is 40.3 Å². The third-order valence-electron chi connectivity index (χ3n) is 3.72. The van der Waals surface area contributed by atoms with Crippen molar-refractivity contribution >= 4 is 51.2 Å². The molecule has 1 amide bonds. The maximum Gasteiger partial charge on any atom is 0.387 e. The molecule has 2 N–H and O–H groups in total. The van der Waals surface area contributed by atoms with Crippen LogP contribution in [0.15, 0.2) is 24.3 Å². The number of methoxy groups -OCH3 is 1. The van der Waals surface area contributed by atoms with Crippen LogP contribution in [0, 0.1) is 6.92 Å². The highest BCUT2D eigenvalue weighted by Crippen LogP contribution is 2.35. The number of para-hydroxylation sites is 2. The quantitative estimate of drug-likeness (QED) is 0.517. The van der Waals surface area contributed by atoms with Crippen LogP contribution in [0.3, 0.4) is 0 Å². The van der Waals surface area contributed by atoms with E-state index in [-0.39, 0.29) is 28.0 Å². The average molecular weight is 443 g/mol. The van der Waals surface area contributed by atoms with E-state index in [9.17, 15) is 18.4 Å². The van der Waals surface area contributed by atoms with Crippen LogP contribution >= 0.6 is 23.6 Å². The molecular formula is C18H19F2N3O4S2. The van der Waals surface area contributed by atoms with Crippen LogP contribution < -0.4 is 15.4 Å². The third-order valence-corrected chi connectivity index (χ3v) is 5.11. The summed E-state index contributed by atoms with van der Waals surface area (Å²) >= 11 is 6.28. The fourth-order valence-electron chi connectivity index (χ4n) is 2.38. The van der Waals surface area contributed by atoms with Crippen molar-refractivity contribution in [2.24, 2.45) is 0 Å². The van der Waals surface area contributed by atoms with E-state index in [1.165, 1.54) is 30.2 Å². The zero-order chi connectivity index (χ0) is 21.7. The molecule has 0 bridgehead atoms. The number of hydrogen-bond acceptors (Lipinski definition) is 6. The second-order valence-corrected chi connectivity index (χ2v) is 7.33. The summed E-state index contributed by atoms with van der Waals surface area (Å²) in [5.74, 6) is -1.01. The van der Waals surface area contributed by atoms with Gasteiger partial charge in [0.25, 0.3) is 5.91 Å². The highest BCUT2D eigenvalue weighted by atomic mass is 32.1. The zero-order valence-electron chi connectivity index (χ0n) is 16.0. The molecule has 11 heteroatoms. The molecule has 0 unspecified atom stereocenters. The van der Waals surface area contributed by atoms with E-state index in [2.05, 4.69) is 15.4 Å². The van der Waals surface area contributed by atoms with E-state index >= 15 is 0 Å². The number of thiocarbonyl (C=S) groups is 1. The summed E-state index contributed by atoms with van der Waals surface area (Å²) in [6.45, 7) is -1.36. The molecule has 0 saturated carbocycles. The van der Waals surface area contributed by atoms with Gasteiger partial charge in [-0.05, 0) is 36.8 Å². The van der Waals surface area contributed by atoms with E-state index in [0.717, 1.165) is 11.3 Å². The minimum atomic E-state index is -3.00. The Kier molecular flexibility index (Phi) is 7.46. The van der Waals surface area contributed by atoms with Gasteiger partial charge in [-0.15, -0.1) is 11.3 Å². The summed E-state index contributed by atoms with van der Waals surface area (Å²) < 4.78 is 34.4. The minimum Gasteiger partial charge on any atom is -0.465 e. The molecule has 0 spiro atoms. The van der Waals surface area contributed by atoms with Gasteiger partial charge in [-0.25, -0.2) is 4.79 Å². The topological polar surface area (TPSA) is 79.9 Å². The number of thiophene rings is 1. The predicted molar refractivity (Wildman–Crippen MR) is 111 cm³/mol. The summed E-state index contributed by atoms with van der Waals surface area (Å²) in [6.07, 6.45) is 0. The standard InChI is InChI=1S/C18H19F2N3O4S2/c1-9-12(16(25)26-4)14(29-13(9)15(24)23(2)3)22-18(28)21-10-7-5-6-8-11(10)27-17(19)20/h5-8,17H,1-4H3,(H2,21,22,28). The lowest BCUT2D eigenvalue weighted by molar-refractivity contribution is -0.0493. The Labute approximate surface area is 175 Å². The molecule has 0 fully saturated rings. The van der Waals surface area contributed by atoms with E-state index in [1.54, 1.807) is 27.1 Å². The molecule has 29 heavy (non-hydrogen) atoms. The van der Waals surface area contributed by atoms with Gasteiger partial charge in [0.15, 0.2) is 5.11 Å². The second-order valence-electron chi connectivity index (χ2n) is 5.91. The van der Waals surface area contributed by atoms with Gasteiger partial charge in [0.2, 0.25) is 0 Å². The van der Waals surface area contributed by atoms with Gasteiger partial charge in [0, 0.05) is 14.1 Å². The van der Waals surface area contributed by atoms with E-state index in [1.807, 2.05) is 0 Å². The number of halogens is 2. The lowest BCUT2D eigenvalue weighted by Crippen LogP contribution is -2.21. The maximum atomic E-state index is 12.6. The van der Waals surface area contributed by atoms with Crippen molar-refractivity contribution in [2.45, 2.75) is 13.5 Å². The second kappa shape index (κ2) is 9.61. The number of nitrogens with one attached hydrogen (secondary N) is 2. The zero-order valence-corrected chi connectivity index (χ0v) is 17.7. The fraction of sp³-hybridized carbons (Fsp3) is 0.278. The van der Waals surface area contributed by atoms with E-state index < -0.39 is 12.6 Å². The van der Waals surface area contributed by atoms with Crippen LogP contribution in [0.5, 0.6) is 5.75 Å². The molecule has 0 saturated heterocycles. The summed E-state index contributed by atoms with van der Waals surface area (Å²) in [6, 6.07) is 6.02. The van der Waals surface area contributed by atoms with E-state index in [4.69, 9.17) is 17.0 Å². The lowest BCUT2D eigenvalue weighted by atomic mass is 10.1. The summed E-state index contributed by atoms with van der Waals surface area (Å²) in [5, 5.41) is 5.90. The molecule has 7 nitrogen and oxygen atoms in total. The monoisotopic (exact) mass is 443 g/mol. The van der Waals surface area contributed by atoms with Crippen molar-refractivity contribution in [2.75, 3.05) is 31.8 Å². The average Bonchev–Trinajstić information content (AvgIpc) is 2.97. The van der Waals surface area contributed by atoms with Gasteiger partial charge in [0.05, 0.1) is 23.2 Å². The number of carbonyl (C=O) groups excluding carboxylic acids is 2. The van der Waals surface area contributed by atoms with Crippen molar-refractivity contribution in [3.8, 4) is 5.75 Å². The first-order chi connectivity index (χ1) is 13.6. The van der Waals surface area contributed by atoms with Crippen LogP contribution in [0.25, 0.3) is 0 Å². The molecule has 1 aromatic carbocycles. The Hall–Kier alpha value is -2.79. The van der Waals surface area contributed by atoms with Crippen LogP contribution in [-0.4, -0.2) is 49.7 Å². The van der Waals surface area contributed by atoms with Gasteiger partial charge in [0.1, 0.15) is 10.8 Å². The third kappa shape index (κ3) is 5.39. The molecule has 1 heterocycles. The normalized spacial score (nSPS) is 10.4. The lowest BCUT2D eigenvalue weighted by Gasteiger charge is -2.14. The van der Waals surface area contributed by atoms with Crippen LogP contribution in [0.1, 0.15) is 25.6 Å². The first kappa shape index (κ1) is 22.5. The number of ether oxygens (including phenoxy) is 2. The van der Waals surface area contributed by atoms with Gasteiger partial charge in [-0.2, -0.15) is 8.78 Å². The number of alkyl halides is 2. The largest absolute Gasteiger partial charge is 0.465 e. The first-order valence-corrected chi connectivity index (χ1v) is 9.43. The SMILES string of the molecule is COC(=O)c1c(NC(=S)Nc2ccccc2OC(F)F)sc(C(=O)N(C)C)c1C. The number of nitrogens with zero attached hydrogens (tertiary/aromatic N) is 1. The molecule has 0 aliphatic rings. The Morgan fingerprint density at radius 2 is 1.86 bits per heavy atom. The number of anilines is 2. The molecule has 2 rings (SSSR count). The Morgan fingerprint density at radius 1 is 1.21 bits per heavy atom. The number of carbonyl (C=O) groups is 2. The van der Waals surface area contributed by atoms with Gasteiger partial charge < -0.3 is 25.0 Å². The summed E-state index contributed by atoms with van der Waals surface area (Å²) in [7, 11) is 4.42. The Morgan fingerprint density at radius 3 is 2.45 bits per heavy atom. The van der Waals surface area contributed by atoms with E-state index in [0.29, 0.717) is 15.4 Å². The number of benzene rings is 1. The summed E-state index contributed by atoms with van der Waals surface area (Å²) in [4.78, 5) is 26.4. The number of hydrogen-bond donors (Lipinski definition) is 2. The molecular weight excluding hydrogens is 424 g/mol. The highest BCUT2D eigenvalue weighted by molar-refractivity contribution is 7.80. The molecule has 2 aromatic rings. The van der Waals surface area contributed by atoms with Crippen LogP contribution in [0.4, 0.5) is 19.5 Å². The first-order valence-electron chi connectivity index (χ1n) is 8.20. The molecule has 0 aliphatic heterocycles. The highest BCUT2D eigenvalue weighted by Gasteiger charge is 2.26.